The number of carboxylic acids is 1. The average molecular weight is 356 g/mol. The number of carbonyl (C=O) groups is 1. The Bertz CT molecular complexity index is 704. The van der Waals surface area contributed by atoms with Gasteiger partial charge in [-0.2, -0.15) is 0 Å². The monoisotopic (exact) mass is 355 g/mol. The normalized spacial score (nSPS) is 10.5. The van der Waals surface area contributed by atoms with Crippen LogP contribution in [-0.4, -0.2) is 11.1 Å². The third kappa shape index (κ3) is 3.58. The van der Waals surface area contributed by atoms with E-state index in [0.717, 1.165) is 21.7 Å². The van der Waals surface area contributed by atoms with Crippen molar-refractivity contribution < 1.29 is 18.7 Å². The summed E-state index contributed by atoms with van der Waals surface area (Å²) < 4.78 is 27.9. The summed E-state index contributed by atoms with van der Waals surface area (Å²) in [6, 6.07) is 7.16. The van der Waals surface area contributed by atoms with Crippen molar-refractivity contribution >= 4 is 27.6 Å². The highest BCUT2D eigenvalue weighted by atomic mass is 79.9. The number of carboxylic acid groups (broad SMARTS) is 1. The first-order chi connectivity index (χ1) is 9.88. The van der Waals surface area contributed by atoms with Crippen molar-refractivity contribution in [2.75, 3.05) is 5.32 Å². The molecule has 0 aliphatic carbocycles. The Kier molecular flexibility index (Phi) is 4.57. The maximum atomic E-state index is 13.6. The van der Waals surface area contributed by atoms with Crippen molar-refractivity contribution in [3.63, 3.8) is 0 Å². The number of hydrogen-bond acceptors (Lipinski definition) is 2. The Hall–Kier alpha value is -1.95. The third-order valence-electron chi connectivity index (χ3n) is 2.99. The van der Waals surface area contributed by atoms with E-state index < -0.39 is 23.2 Å². The van der Waals surface area contributed by atoms with Crippen LogP contribution in [0.5, 0.6) is 0 Å². The summed E-state index contributed by atoms with van der Waals surface area (Å²) in [5, 5.41) is 11.6. The molecule has 2 aromatic rings. The Morgan fingerprint density at radius 2 is 1.95 bits per heavy atom. The van der Waals surface area contributed by atoms with Gasteiger partial charge >= 0.3 is 5.97 Å². The van der Waals surface area contributed by atoms with Crippen molar-refractivity contribution in [3.05, 3.63) is 63.1 Å². The molecule has 0 saturated carbocycles. The largest absolute Gasteiger partial charge is 0.478 e. The second kappa shape index (κ2) is 6.22. The van der Waals surface area contributed by atoms with Crippen LogP contribution in [0.2, 0.25) is 0 Å². The first kappa shape index (κ1) is 15.4. The molecule has 0 bridgehead atoms. The van der Waals surface area contributed by atoms with Gasteiger partial charge in [0.2, 0.25) is 0 Å². The molecule has 0 fully saturated rings. The topological polar surface area (TPSA) is 49.3 Å². The van der Waals surface area contributed by atoms with Gasteiger partial charge in [-0.1, -0.05) is 28.1 Å². The predicted octanol–water partition coefficient (Wildman–Crippen LogP) is 4.35. The quantitative estimate of drug-likeness (QED) is 0.857. The molecular weight excluding hydrogens is 344 g/mol. The van der Waals surface area contributed by atoms with E-state index in [2.05, 4.69) is 21.2 Å². The summed E-state index contributed by atoms with van der Waals surface area (Å²) in [6.07, 6.45) is 0. The van der Waals surface area contributed by atoms with Gasteiger partial charge in [-0.25, -0.2) is 13.6 Å². The molecule has 0 atom stereocenters. The molecule has 0 heterocycles. The van der Waals surface area contributed by atoms with Crippen molar-refractivity contribution in [1.82, 2.24) is 0 Å². The molecule has 0 spiro atoms. The van der Waals surface area contributed by atoms with E-state index >= 15 is 0 Å². The van der Waals surface area contributed by atoms with Crippen LogP contribution in [0, 0.1) is 18.6 Å². The third-order valence-corrected chi connectivity index (χ3v) is 3.88. The fraction of sp³-hybridized carbons (Fsp3) is 0.133. The van der Waals surface area contributed by atoms with Gasteiger partial charge in [0.15, 0.2) is 0 Å². The van der Waals surface area contributed by atoms with Crippen LogP contribution in [0.4, 0.5) is 14.5 Å². The summed E-state index contributed by atoms with van der Waals surface area (Å²) in [7, 11) is 0. The van der Waals surface area contributed by atoms with Crippen LogP contribution in [0.1, 0.15) is 21.5 Å². The molecule has 0 aromatic heterocycles. The first-order valence-electron chi connectivity index (χ1n) is 6.09. The number of nitrogens with one attached hydrogen (secondary N) is 1. The SMILES string of the molecule is Cc1cc(CNc2cc(C(=O)O)c(F)cc2F)ccc1Br. The second-order valence-corrected chi connectivity index (χ2v) is 5.41. The van der Waals surface area contributed by atoms with Crippen molar-refractivity contribution in [2.24, 2.45) is 0 Å². The highest BCUT2D eigenvalue weighted by Gasteiger charge is 2.15. The molecule has 0 unspecified atom stereocenters. The fourth-order valence-electron chi connectivity index (χ4n) is 1.86. The van der Waals surface area contributed by atoms with Crippen molar-refractivity contribution in [1.29, 1.82) is 0 Å². The lowest BCUT2D eigenvalue weighted by Gasteiger charge is -2.10. The number of anilines is 1. The molecule has 0 saturated heterocycles. The number of hydrogen-bond donors (Lipinski definition) is 2. The Morgan fingerprint density at radius 3 is 2.57 bits per heavy atom. The molecule has 2 aromatic carbocycles. The molecule has 3 nitrogen and oxygen atoms in total. The van der Waals surface area contributed by atoms with E-state index in [0.29, 0.717) is 12.6 Å². The number of aromatic carboxylic acids is 1. The van der Waals surface area contributed by atoms with Crippen LogP contribution in [0.3, 0.4) is 0 Å². The molecule has 0 amide bonds. The number of halogens is 3. The second-order valence-electron chi connectivity index (χ2n) is 4.55. The molecule has 0 aliphatic heterocycles. The zero-order valence-corrected chi connectivity index (χ0v) is 12.7. The maximum Gasteiger partial charge on any atom is 0.338 e. The Balaban J connectivity index is 2.21. The first-order valence-corrected chi connectivity index (χ1v) is 6.89. The van der Waals surface area contributed by atoms with Gasteiger partial charge in [-0.3, -0.25) is 0 Å². The molecule has 0 aliphatic rings. The number of benzene rings is 2. The van der Waals surface area contributed by atoms with Gasteiger partial charge in [0, 0.05) is 17.1 Å². The summed E-state index contributed by atoms with van der Waals surface area (Å²) >= 11 is 3.38. The zero-order chi connectivity index (χ0) is 15.6. The van der Waals surface area contributed by atoms with Crippen LogP contribution in [-0.2, 0) is 6.54 Å². The summed E-state index contributed by atoms with van der Waals surface area (Å²) in [6.45, 7) is 2.23. The van der Waals surface area contributed by atoms with Gasteiger partial charge in [0.05, 0.1) is 11.3 Å². The van der Waals surface area contributed by atoms with E-state index in [1.807, 2.05) is 25.1 Å². The lowest BCUT2D eigenvalue weighted by Crippen LogP contribution is -2.07. The molecular formula is C15H12BrF2NO2. The maximum absolute atomic E-state index is 13.6. The molecule has 21 heavy (non-hydrogen) atoms. The highest BCUT2D eigenvalue weighted by Crippen LogP contribution is 2.22. The lowest BCUT2D eigenvalue weighted by molar-refractivity contribution is 0.0692. The van der Waals surface area contributed by atoms with E-state index in [1.165, 1.54) is 0 Å². The van der Waals surface area contributed by atoms with E-state index in [-0.39, 0.29) is 5.69 Å². The average Bonchev–Trinajstić information content (AvgIpc) is 2.41. The van der Waals surface area contributed by atoms with E-state index in [9.17, 15) is 13.6 Å². The lowest BCUT2D eigenvalue weighted by atomic mass is 10.1. The van der Waals surface area contributed by atoms with Gasteiger partial charge in [0.25, 0.3) is 0 Å². The van der Waals surface area contributed by atoms with Gasteiger partial charge in [-0.05, 0) is 30.2 Å². The molecule has 110 valence electrons. The van der Waals surface area contributed by atoms with Crippen LogP contribution in [0.25, 0.3) is 0 Å². The minimum absolute atomic E-state index is 0.0469. The summed E-state index contributed by atoms with van der Waals surface area (Å²) in [5.74, 6) is -3.36. The predicted molar refractivity (Wildman–Crippen MR) is 79.5 cm³/mol. The zero-order valence-electron chi connectivity index (χ0n) is 11.1. The summed E-state index contributed by atoms with van der Waals surface area (Å²) in [4.78, 5) is 10.8. The molecule has 6 heteroatoms. The Morgan fingerprint density at radius 1 is 1.24 bits per heavy atom. The fourth-order valence-corrected chi connectivity index (χ4v) is 2.11. The minimum Gasteiger partial charge on any atom is -0.478 e. The highest BCUT2D eigenvalue weighted by molar-refractivity contribution is 9.10. The molecule has 2 rings (SSSR count). The van der Waals surface area contributed by atoms with E-state index in [1.54, 1.807) is 0 Å². The van der Waals surface area contributed by atoms with Crippen LogP contribution in [0.15, 0.2) is 34.8 Å². The minimum atomic E-state index is -1.44. The standard InChI is InChI=1S/C15H12BrF2NO2/c1-8-4-9(2-3-11(8)16)7-19-14-5-10(15(20)21)12(17)6-13(14)18/h2-6,19H,7H2,1H3,(H,20,21). The van der Waals surface area contributed by atoms with Crippen LogP contribution < -0.4 is 5.32 Å². The van der Waals surface area contributed by atoms with Crippen LogP contribution >= 0.6 is 15.9 Å². The smallest absolute Gasteiger partial charge is 0.338 e. The van der Waals surface area contributed by atoms with E-state index in [4.69, 9.17) is 5.11 Å². The number of aryl methyl sites for hydroxylation is 1. The molecule has 0 radical (unpaired) electrons. The van der Waals surface area contributed by atoms with Gasteiger partial charge < -0.3 is 10.4 Å². The van der Waals surface area contributed by atoms with Crippen molar-refractivity contribution in [3.8, 4) is 0 Å². The van der Waals surface area contributed by atoms with Gasteiger partial charge in [-0.15, -0.1) is 0 Å². The van der Waals surface area contributed by atoms with Crippen molar-refractivity contribution in [2.45, 2.75) is 13.5 Å². The number of rotatable bonds is 4. The van der Waals surface area contributed by atoms with Gasteiger partial charge in [0.1, 0.15) is 11.6 Å². The molecule has 2 N–H and O–H groups in total. The summed E-state index contributed by atoms with van der Waals surface area (Å²) in [5.41, 5.74) is 1.32. The Labute approximate surface area is 128 Å².